The van der Waals surface area contributed by atoms with Crippen LogP contribution < -0.4 is 0 Å². The average Bonchev–Trinajstić information content (AvgIpc) is 2.74. The highest BCUT2D eigenvalue weighted by atomic mass is 16.3. The number of hydrogen-bond donors (Lipinski definition) is 1. The Morgan fingerprint density at radius 2 is 1.83 bits per heavy atom. The predicted octanol–water partition coefficient (Wildman–Crippen LogP) is 3.51. The molecule has 1 N–H and O–H groups in total. The summed E-state index contributed by atoms with van der Waals surface area (Å²) >= 11 is 0. The van der Waals surface area contributed by atoms with E-state index in [1.54, 1.807) is 6.07 Å². The zero-order valence-electron chi connectivity index (χ0n) is 9.72. The molecular weight excluding hydrogens is 222 g/mol. The summed E-state index contributed by atoms with van der Waals surface area (Å²) in [6.45, 7) is 0. The third-order valence-corrected chi connectivity index (χ3v) is 3.55. The van der Waals surface area contributed by atoms with E-state index in [-0.39, 0.29) is 0 Å². The number of aromatic hydroxyl groups is 1. The number of nitrogens with zero attached hydrogens (tertiary/aromatic N) is 1. The molecule has 0 fully saturated rings. The Balaban J connectivity index is 2.09. The minimum atomic E-state index is 0.328. The van der Waals surface area contributed by atoms with Gasteiger partial charge in [-0.15, -0.1) is 0 Å². The second-order valence-corrected chi connectivity index (χ2v) is 4.68. The quantitative estimate of drug-likeness (QED) is 0.504. The van der Waals surface area contributed by atoms with Gasteiger partial charge in [0.15, 0.2) is 0 Å². The Hall–Kier alpha value is -2.35. The Labute approximate surface area is 105 Å². The Morgan fingerprint density at radius 3 is 2.78 bits per heavy atom. The Kier molecular flexibility index (Phi) is 1.78. The summed E-state index contributed by atoms with van der Waals surface area (Å²) in [4.78, 5) is 4.70. The van der Waals surface area contributed by atoms with Crippen LogP contribution in [0, 0.1) is 0 Å². The van der Waals surface area contributed by atoms with Crippen molar-refractivity contribution < 1.29 is 5.11 Å². The van der Waals surface area contributed by atoms with Crippen LogP contribution in [0.25, 0.3) is 22.2 Å². The molecule has 86 valence electrons. The van der Waals surface area contributed by atoms with E-state index in [0.717, 1.165) is 34.1 Å². The van der Waals surface area contributed by atoms with E-state index in [1.807, 2.05) is 24.3 Å². The van der Waals surface area contributed by atoms with E-state index in [2.05, 4.69) is 18.2 Å². The fourth-order valence-electron chi connectivity index (χ4n) is 2.72. The fraction of sp³-hybridized carbons (Fsp3) is 0.0625. The van der Waals surface area contributed by atoms with E-state index in [1.165, 1.54) is 5.56 Å². The van der Waals surface area contributed by atoms with Crippen molar-refractivity contribution in [3.8, 4) is 17.0 Å². The molecule has 3 aromatic rings. The first kappa shape index (κ1) is 9.66. The van der Waals surface area contributed by atoms with Gasteiger partial charge < -0.3 is 5.11 Å². The van der Waals surface area contributed by atoms with E-state index >= 15 is 0 Å². The zero-order valence-corrected chi connectivity index (χ0v) is 9.72. The number of phenolic OH excluding ortho intramolecular Hbond substituents is 1. The molecule has 0 saturated carbocycles. The summed E-state index contributed by atoms with van der Waals surface area (Å²) in [6, 6.07) is 15.9. The van der Waals surface area contributed by atoms with Crippen LogP contribution in [0.3, 0.4) is 0 Å². The van der Waals surface area contributed by atoms with Gasteiger partial charge in [-0.2, -0.15) is 0 Å². The molecule has 2 aromatic carbocycles. The van der Waals surface area contributed by atoms with Gasteiger partial charge in [-0.25, -0.2) is 4.98 Å². The molecule has 1 aliphatic rings. The molecule has 18 heavy (non-hydrogen) atoms. The van der Waals surface area contributed by atoms with Gasteiger partial charge in [-0.1, -0.05) is 30.3 Å². The molecule has 0 unspecified atom stereocenters. The van der Waals surface area contributed by atoms with Crippen molar-refractivity contribution in [3.05, 3.63) is 59.7 Å². The molecule has 2 heteroatoms. The second kappa shape index (κ2) is 3.33. The molecular formula is C16H11NO. The van der Waals surface area contributed by atoms with Crippen LogP contribution in [0.15, 0.2) is 48.5 Å². The van der Waals surface area contributed by atoms with E-state index < -0.39 is 0 Å². The van der Waals surface area contributed by atoms with Crippen LogP contribution in [-0.4, -0.2) is 10.1 Å². The first-order valence-corrected chi connectivity index (χ1v) is 6.03. The highest BCUT2D eigenvalue weighted by molar-refractivity contribution is 5.87. The molecule has 0 saturated heterocycles. The van der Waals surface area contributed by atoms with Crippen LogP contribution in [0.1, 0.15) is 11.1 Å². The molecule has 4 rings (SSSR count). The lowest BCUT2D eigenvalue weighted by molar-refractivity contribution is 0.477. The van der Waals surface area contributed by atoms with Crippen molar-refractivity contribution in [2.24, 2.45) is 0 Å². The van der Waals surface area contributed by atoms with Gasteiger partial charge >= 0.3 is 0 Å². The largest absolute Gasteiger partial charge is 0.507 e. The summed E-state index contributed by atoms with van der Waals surface area (Å²) in [5.74, 6) is 0.328. The summed E-state index contributed by atoms with van der Waals surface area (Å²) in [6.07, 6.45) is 0.858. The number of fused-ring (bicyclic) bond motifs is 4. The number of aromatic nitrogens is 1. The van der Waals surface area contributed by atoms with Crippen LogP contribution in [0.4, 0.5) is 0 Å². The normalized spacial score (nSPS) is 12.4. The molecule has 1 heterocycles. The SMILES string of the molecule is Oc1cccc2c1-c1nc3ccccc3cc1C2. The number of hydrogen-bond acceptors (Lipinski definition) is 2. The number of benzene rings is 2. The van der Waals surface area contributed by atoms with Crippen molar-refractivity contribution in [1.82, 2.24) is 4.98 Å². The van der Waals surface area contributed by atoms with E-state index in [9.17, 15) is 5.11 Å². The minimum absolute atomic E-state index is 0.328. The number of phenols is 1. The van der Waals surface area contributed by atoms with Gasteiger partial charge in [-0.05, 0) is 29.3 Å². The fourth-order valence-corrected chi connectivity index (χ4v) is 2.72. The van der Waals surface area contributed by atoms with Gasteiger partial charge in [0.25, 0.3) is 0 Å². The maximum absolute atomic E-state index is 10.0. The smallest absolute Gasteiger partial charge is 0.125 e. The van der Waals surface area contributed by atoms with Crippen molar-refractivity contribution >= 4 is 10.9 Å². The van der Waals surface area contributed by atoms with Gasteiger partial charge in [0.1, 0.15) is 5.75 Å². The standard InChI is InChI=1S/C16H11NO/c18-14-7-3-5-11-9-12-8-10-4-1-2-6-13(10)17-16(12)15(11)14/h1-8,18H,9H2. The van der Waals surface area contributed by atoms with E-state index in [0.29, 0.717) is 5.75 Å². The Morgan fingerprint density at radius 1 is 0.944 bits per heavy atom. The van der Waals surface area contributed by atoms with Crippen molar-refractivity contribution in [3.63, 3.8) is 0 Å². The second-order valence-electron chi connectivity index (χ2n) is 4.68. The van der Waals surface area contributed by atoms with Gasteiger partial charge in [-0.3, -0.25) is 0 Å². The molecule has 0 amide bonds. The number of rotatable bonds is 0. The van der Waals surface area contributed by atoms with Gasteiger partial charge in [0.05, 0.1) is 11.2 Å². The molecule has 2 nitrogen and oxygen atoms in total. The maximum Gasteiger partial charge on any atom is 0.125 e. The molecule has 1 aliphatic carbocycles. The number of pyridine rings is 1. The van der Waals surface area contributed by atoms with Crippen LogP contribution in [0.5, 0.6) is 5.75 Å². The van der Waals surface area contributed by atoms with Crippen molar-refractivity contribution in [1.29, 1.82) is 0 Å². The predicted molar refractivity (Wildman–Crippen MR) is 71.6 cm³/mol. The third kappa shape index (κ3) is 1.20. The summed E-state index contributed by atoms with van der Waals surface area (Å²) in [5, 5.41) is 11.2. The maximum atomic E-state index is 10.0. The summed E-state index contributed by atoms with van der Waals surface area (Å²) in [7, 11) is 0. The lowest BCUT2D eigenvalue weighted by Crippen LogP contribution is -1.86. The molecule has 0 atom stereocenters. The summed E-state index contributed by atoms with van der Waals surface area (Å²) < 4.78 is 0. The average molecular weight is 233 g/mol. The topological polar surface area (TPSA) is 33.1 Å². The molecule has 0 bridgehead atoms. The lowest BCUT2D eigenvalue weighted by atomic mass is 10.1. The minimum Gasteiger partial charge on any atom is -0.507 e. The highest BCUT2D eigenvalue weighted by Gasteiger charge is 2.23. The van der Waals surface area contributed by atoms with Crippen molar-refractivity contribution in [2.45, 2.75) is 6.42 Å². The zero-order chi connectivity index (χ0) is 12.1. The number of para-hydroxylation sites is 1. The third-order valence-electron chi connectivity index (χ3n) is 3.55. The summed E-state index contributed by atoms with van der Waals surface area (Å²) in [5.41, 5.74) is 5.17. The van der Waals surface area contributed by atoms with Crippen LogP contribution in [0.2, 0.25) is 0 Å². The van der Waals surface area contributed by atoms with Gasteiger partial charge in [0, 0.05) is 17.4 Å². The first-order valence-electron chi connectivity index (χ1n) is 6.03. The lowest BCUT2D eigenvalue weighted by Gasteiger charge is -2.04. The molecule has 0 aliphatic heterocycles. The molecule has 0 spiro atoms. The highest BCUT2D eigenvalue weighted by Crippen LogP contribution is 2.41. The van der Waals surface area contributed by atoms with E-state index in [4.69, 9.17) is 4.98 Å². The van der Waals surface area contributed by atoms with Crippen LogP contribution in [-0.2, 0) is 6.42 Å². The monoisotopic (exact) mass is 233 g/mol. The molecule has 0 radical (unpaired) electrons. The van der Waals surface area contributed by atoms with Crippen molar-refractivity contribution in [2.75, 3.05) is 0 Å². The van der Waals surface area contributed by atoms with Gasteiger partial charge in [0.2, 0.25) is 0 Å². The first-order chi connectivity index (χ1) is 8.83. The molecule has 1 aromatic heterocycles. The Bertz CT molecular complexity index is 777. The van der Waals surface area contributed by atoms with Crippen LogP contribution >= 0.6 is 0 Å².